The predicted octanol–water partition coefficient (Wildman–Crippen LogP) is 6.58. The van der Waals surface area contributed by atoms with Crippen LogP contribution in [0.4, 0.5) is 5.13 Å². The van der Waals surface area contributed by atoms with E-state index in [1.807, 2.05) is 47.8 Å². The van der Waals surface area contributed by atoms with E-state index in [-0.39, 0.29) is 15.6 Å². The SMILES string of the molecule is O=C(COC(=O)c1cccc(Cl)c1Cl)Nc1nc(-c2ccc(-c3ccccc3)cc2)cs1. The fourth-order valence-electron chi connectivity index (χ4n) is 2.95. The minimum atomic E-state index is -0.731. The van der Waals surface area contributed by atoms with Crippen molar-refractivity contribution in [1.29, 1.82) is 0 Å². The third-order valence-corrected chi connectivity index (χ3v) is 6.12. The summed E-state index contributed by atoms with van der Waals surface area (Å²) in [5.74, 6) is -1.23. The first-order chi connectivity index (χ1) is 15.5. The molecule has 5 nitrogen and oxygen atoms in total. The van der Waals surface area contributed by atoms with Crippen molar-refractivity contribution in [3.8, 4) is 22.4 Å². The van der Waals surface area contributed by atoms with Crippen LogP contribution < -0.4 is 5.32 Å². The van der Waals surface area contributed by atoms with Gasteiger partial charge < -0.3 is 4.74 Å². The first kappa shape index (κ1) is 22.0. The van der Waals surface area contributed by atoms with Crippen LogP contribution in [-0.4, -0.2) is 23.5 Å². The number of anilines is 1. The summed E-state index contributed by atoms with van der Waals surface area (Å²) in [6.07, 6.45) is 0. The molecule has 0 saturated carbocycles. The summed E-state index contributed by atoms with van der Waals surface area (Å²) in [5, 5.41) is 5.22. The van der Waals surface area contributed by atoms with Gasteiger partial charge in [-0.25, -0.2) is 9.78 Å². The molecule has 160 valence electrons. The van der Waals surface area contributed by atoms with Gasteiger partial charge in [0.1, 0.15) is 0 Å². The third kappa shape index (κ3) is 5.16. The van der Waals surface area contributed by atoms with Crippen LogP contribution in [0.3, 0.4) is 0 Å². The number of hydrogen-bond acceptors (Lipinski definition) is 5. The van der Waals surface area contributed by atoms with Gasteiger partial charge in [-0.2, -0.15) is 0 Å². The standard InChI is InChI=1S/C24H16Cl2N2O3S/c25-19-8-4-7-18(22(19)26)23(30)31-13-21(29)28-24-27-20(14-32-24)17-11-9-16(10-12-17)15-5-2-1-3-6-15/h1-12,14H,13H2,(H,27,28,29). The molecule has 1 amide bonds. The van der Waals surface area contributed by atoms with E-state index < -0.39 is 18.5 Å². The van der Waals surface area contributed by atoms with E-state index in [1.165, 1.54) is 17.4 Å². The van der Waals surface area contributed by atoms with Gasteiger partial charge >= 0.3 is 5.97 Å². The summed E-state index contributed by atoms with van der Waals surface area (Å²) in [5.41, 5.74) is 4.03. The maximum absolute atomic E-state index is 12.2. The van der Waals surface area contributed by atoms with Crippen molar-refractivity contribution in [3.63, 3.8) is 0 Å². The van der Waals surface area contributed by atoms with Gasteiger partial charge in [0.05, 0.1) is 21.3 Å². The minimum Gasteiger partial charge on any atom is -0.452 e. The molecule has 0 aliphatic carbocycles. The second-order valence-electron chi connectivity index (χ2n) is 6.71. The van der Waals surface area contributed by atoms with Gasteiger partial charge in [-0.1, -0.05) is 83.9 Å². The van der Waals surface area contributed by atoms with Crippen molar-refractivity contribution < 1.29 is 14.3 Å². The number of carbonyl (C=O) groups excluding carboxylic acids is 2. The van der Waals surface area contributed by atoms with E-state index >= 15 is 0 Å². The van der Waals surface area contributed by atoms with Crippen LogP contribution in [-0.2, 0) is 9.53 Å². The molecule has 0 bridgehead atoms. The molecule has 8 heteroatoms. The quantitative estimate of drug-likeness (QED) is 0.315. The number of aromatic nitrogens is 1. The molecular weight excluding hydrogens is 467 g/mol. The van der Waals surface area contributed by atoms with Crippen molar-refractivity contribution in [2.24, 2.45) is 0 Å². The lowest BCUT2D eigenvalue weighted by Crippen LogP contribution is -2.21. The summed E-state index contributed by atoms with van der Waals surface area (Å²) >= 11 is 13.2. The highest BCUT2D eigenvalue weighted by molar-refractivity contribution is 7.14. The number of ether oxygens (including phenoxy) is 1. The van der Waals surface area contributed by atoms with Gasteiger partial charge in [-0.15, -0.1) is 11.3 Å². The van der Waals surface area contributed by atoms with Gasteiger partial charge in [-0.05, 0) is 23.3 Å². The van der Waals surface area contributed by atoms with Crippen LogP contribution in [0, 0.1) is 0 Å². The first-order valence-corrected chi connectivity index (χ1v) is 11.2. The van der Waals surface area contributed by atoms with Crippen LogP contribution in [0.5, 0.6) is 0 Å². The zero-order chi connectivity index (χ0) is 22.5. The molecule has 4 rings (SSSR count). The van der Waals surface area contributed by atoms with Gasteiger partial charge in [0.15, 0.2) is 11.7 Å². The Morgan fingerprint density at radius 3 is 2.31 bits per heavy atom. The number of halogens is 2. The molecule has 1 N–H and O–H groups in total. The lowest BCUT2D eigenvalue weighted by Gasteiger charge is -2.07. The summed E-state index contributed by atoms with van der Waals surface area (Å²) in [7, 11) is 0. The molecule has 1 aromatic heterocycles. The van der Waals surface area contributed by atoms with E-state index in [2.05, 4.69) is 22.4 Å². The number of rotatable bonds is 6. The number of amides is 1. The lowest BCUT2D eigenvalue weighted by atomic mass is 10.0. The molecule has 0 atom stereocenters. The minimum absolute atomic E-state index is 0.0856. The predicted molar refractivity (Wildman–Crippen MR) is 128 cm³/mol. The monoisotopic (exact) mass is 482 g/mol. The molecule has 0 spiro atoms. The molecule has 3 aromatic carbocycles. The van der Waals surface area contributed by atoms with Crippen molar-refractivity contribution in [2.45, 2.75) is 0 Å². The van der Waals surface area contributed by atoms with Crippen molar-refractivity contribution in [2.75, 3.05) is 11.9 Å². The Kier molecular flexibility index (Phi) is 6.85. The Balaban J connectivity index is 1.35. The summed E-state index contributed by atoms with van der Waals surface area (Å²) in [6, 6.07) is 22.7. The molecule has 0 unspecified atom stereocenters. The zero-order valence-electron chi connectivity index (χ0n) is 16.5. The number of benzene rings is 3. The Bertz CT molecular complexity index is 1260. The summed E-state index contributed by atoms with van der Waals surface area (Å²) in [6.45, 7) is -0.470. The Morgan fingerprint density at radius 2 is 1.56 bits per heavy atom. The fourth-order valence-corrected chi connectivity index (χ4v) is 4.07. The highest BCUT2D eigenvalue weighted by Gasteiger charge is 2.16. The van der Waals surface area contributed by atoms with Crippen LogP contribution in [0.25, 0.3) is 22.4 Å². The largest absolute Gasteiger partial charge is 0.452 e. The first-order valence-electron chi connectivity index (χ1n) is 9.53. The number of nitrogens with zero attached hydrogens (tertiary/aromatic N) is 1. The average molecular weight is 483 g/mol. The molecule has 4 aromatic rings. The topological polar surface area (TPSA) is 68.3 Å². The van der Waals surface area contributed by atoms with Crippen LogP contribution in [0.2, 0.25) is 10.0 Å². The second kappa shape index (κ2) is 9.96. The fraction of sp³-hybridized carbons (Fsp3) is 0.0417. The molecule has 0 saturated heterocycles. The maximum Gasteiger partial charge on any atom is 0.340 e. The molecule has 32 heavy (non-hydrogen) atoms. The van der Waals surface area contributed by atoms with E-state index in [1.54, 1.807) is 12.1 Å². The molecule has 1 heterocycles. The zero-order valence-corrected chi connectivity index (χ0v) is 18.9. The van der Waals surface area contributed by atoms with Crippen LogP contribution in [0.1, 0.15) is 10.4 Å². The van der Waals surface area contributed by atoms with E-state index in [0.29, 0.717) is 5.13 Å². The summed E-state index contributed by atoms with van der Waals surface area (Å²) in [4.78, 5) is 28.7. The van der Waals surface area contributed by atoms with E-state index in [9.17, 15) is 9.59 Å². The Labute approximate surface area is 198 Å². The molecule has 0 fully saturated rings. The third-order valence-electron chi connectivity index (χ3n) is 4.54. The average Bonchev–Trinajstić information content (AvgIpc) is 3.28. The van der Waals surface area contributed by atoms with Gasteiger partial charge in [0, 0.05) is 10.9 Å². The number of hydrogen-bond donors (Lipinski definition) is 1. The van der Waals surface area contributed by atoms with E-state index in [4.69, 9.17) is 27.9 Å². The lowest BCUT2D eigenvalue weighted by molar-refractivity contribution is -0.119. The smallest absolute Gasteiger partial charge is 0.340 e. The molecule has 0 aliphatic rings. The van der Waals surface area contributed by atoms with Crippen molar-refractivity contribution in [3.05, 3.63) is 93.8 Å². The maximum atomic E-state index is 12.2. The number of esters is 1. The van der Waals surface area contributed by atoms with Crippen molar-refractivity contribution in [1.82, 2.24) is 4.98 Å². The van der Waals surface area contributed by atoms with Gasteiger partial charge in [-0.3, -0.25) is 10.1 Å². The highest BCUT2D eigenvalue weighted by atomic mass is 35.5. The highest BCUT2D eigenvalue weighted by Crippen LogP contribution is 2.28. The van der Waals surface area contributed by atoms with Crippen LogP contribution in [0.15, 0.2) is 78.2 Å². The molecular formula is C24H16Cl2N2O3S. The van der Waals surface area contributed by atoms with Crippen LogP contribution >= 0.6 is 34.5 Å². The Morgan fingerprint density at radius 1 is 0.875 bits per heavy atom. The molecule has 0 aliphatic heterocycles. The number of carbonyl (C=O) groups is 2. The number of thiazole rings is 1. The van der Waals surface area contributed by atoms with Gasteiger partial charge in [0.25, 0.3) is 5.91 Å². The Hall–Kier alpha value is -3.19. The second-order valence-corrected chi connectivity index (χ2v) is 8.35. The molecule has 0 radical (unpaired) electrons. The van der Waals surface area contributed by atoms with E-state index in [0.717, 1.165) is 22.4 Å². The number of nitrogens with one attached hydrogen (secondary N) is 1. The van der Waals surface area contributed by atoms with Crippen molar-refractivity contribution >= 4 is 51.5 Å². The normalized spacial score (nSPS) is 10.6. The van der Waals surface area contributed by atoms with Gasteiger partial charge in [0.2, 0.25) is 0 Å². The summed E-state index contributed by atoms with van der Waals surface area (Å²) < 4.78 is 5.03.